The second-order valence-corrected chi connectivity index (χ2v) is 5.88. The molecule has 2 fully saturated rings. The maximum Gasteiger partial charge on any atom is 0.170 e. The van der Waals surface area contributed by atoms with Gasteiger partial charge in [0.25, 0.3) is 0 Å². The van der Waals surface area contributed by atoms with E-state index in [0.29, 0.717) is 26.4 Å². The molecular weight excluding hydrogens is 312 g/mol. The molecule has 2 rings (SSSR count). The molecule has 0 saturated carbocycles. The molecule has 0 bridgehead atoms. The number of nitrogens with zero attached hydrogens (tertiary/aromatic N) is 2. The fourth-order valence-electron chi connectivity index (χ4n) is 2.38. The van der Waals surface area contributed by atoms with Gasteiger partial charge in [-0.25, -0.2) is 0 Å². The van der Waals surface area contributed by atoms with Crippen molar-refractivity contribution in [2.24, 2.45) is 5.41 Å². The minimum Gasteiger partial charge on any atom is -0.381 e. The summed E-state index contributed by atoms with van der Waals surface area (Å²) in [6.07, 6.45) is -1.03. The van der Waals surface area contributed by atoms with Crippen LogP contribution in [0.25, 0.3) is 0 Å². The summed E-state index contributed by atoms with van der Waals surface area (Å²) in [5.74, 6) is 0. The Bertz CT molecular complexity index is 288. The third-order valence-electron chi connectivity index (χ3n) is 3.92. The molecule has 2 aliphatic heterocycles. The van der Waals surface area contributed by atoms with Gasteiger partial charge in [-0.3, -0.25) is 9.80 Å². The second kappa shape index (κ2) is 9.18. The van der Waals surface area contributed by atoms with E-state index in [4.69, 9.17) is 39.4 Å². The summed E-state index contributed by atoms with van der Waals surface area (Å²) in [5.41, 5.74) is -0.389. The number of aliphatic hydroxyl groups excluding tert-OH is 4. The van der Waals surface area contributed by atoms with Crippen molar-refractivity contribution in [1.29, 1.82) is 0 Å². The van der Waals surface area contributed by atoms with E-state index in [2.05, 4.69) is 0 Å². The van der Waals surface area contributed by atoms with E-state index in [1.165, 1.54) is 9.80 Å². The van der Waals surface area contributed by atoms with Crippen molar-refractivity contribution < 1.29 is 39.4 Å². The van der Waals surface area contributed by atoms with E-state index >= 15 is 0 Å². The summed E-state index contributed by atoms with van der Waals surface area (Å²) in [6.45, 7) is 1.01. The molecule has 0 radical (unpaired) electrons. The van der Waals surface area contributed by atoms with Crippen LogP contribution in [0.5, 0.6) is 0 Å². The van der Waals surface area contributed by atoms with E-state index in [-0.39, 0.29) is 45.4 Å². The summed E-state index contributed by atoms with van der Waals surface area (Å²) >= 11 is 0. The molecule has 0 unspecified atom stereocenters. The first-order valence-electron chi connectivity index (χ1n) is 7.49. The quantitative estimate of drug-likeness (QED) is 0.343. The fourth-order valence-corrected chi connectivity index (χ4v) is 2.38. The lowest BCUT2D eigenvalue weighted by Crippen LogP contribution is -2.55. The van der Waals surface area contributed by atoms with Crippen LogP contribution in [0, 0.1) is 5.41 Å². The predicted octanol–water partition coefficient (Wildman–Crippen LogP) is -2.88. The second-order valence-electron chi connectivity index (χ2n) is 5.88. The standard InChI is InChI=1S/C13H26N2O8/c16-7-14(8-17)1-11-20-3-13(4-21-11)5-22-12(23-6-13)2-15(9-18)10-19/h11-12,16-19H,1-10H2. The fraction of sp³-hybridized carbons (Fsp3) is 1.00. The molecule has 2 aliphatic rings. The monoisotopic (exact) mass is 338 g/mol. The lowest BCUT2D eigenvalue weighted by atomic mass is 9.91. The SMILES string of the molecule is OCN(CO)CC1OCC2(CO1)COC(CN(CO)CO)OC2. The maximum absolute atomic E-state index is 9.02. The smallest absolute Gasteiger partial charge is 0.170 e. The first-order valence-corrected chi connectivity index (χ1v) is 7.49. The summed E-state index contributed by atoms with van der Waals surface area (Å²) in [6, 6.07) is 0. The highest BCUT2D eigenvalue weighted by Crippen LogP contribution is 2.30. The lowest BCUT2D eigenvalue weighted by Gasteiger charge is -2.44. The van der Waals surface area contributed by atoms with Crippen molar-refractivity contribution in [2.75, 3.05) is 66.4 Å². The summed E-state index contributed by atoms with van der Waals surface area (Å²) in [4.78, 5) is 2.76. The van der Waals surface area contributed by atoms with Crippen LogP contribution in [0.4, 0.5) is 0 Å². The van der Waals surface area contributed by atoms with E-state index in [9.17, 15) is 0 Å². The topological polar surface area (TPSA) is 124 Å². The zero-order valence-corrected chi connectivity index (χ0v) is 13.0. The first kappa shape index (κ1) is 18.9. The number of hydrogen-bond donors (Lipinski definition) is 4. The van der Waals surface area contributed by atoms with Gasteiger partial charge in [0, 0.05) is 0 Å². The largest absolute Gasteiger partial charge is 0.381 e. The van der Waals surface area contributed by atoms with Crippen LogP contribution < -0.4 is 0 Å². The average molecular weight is 338 g/mol. The highest BCUT2D eigenvalue weighted by molar-refractivity contribution is 4.85. The molecule has 4 N–H and O–H groups in total. The summed E-state index contributed by atoms with van der Waals surface area (Å²) in [5, 5.41) is 36.1. The van der Waals surface area contributed by atoms with Crippen molar-refractivity contribution in [1.82, 2.24) is 9.80 Å². The molecule has 23 heavy (non-hydrogen) atoms. The third-order valence-corrected chi connectivity index (χ3v) is 3.92. The number of hydrogen-bond acceptors (Lipinski definition) is 10. The van der Waals surface area contributed by atoms with Crippen LogP contribution in [0.2, 0.25) is 0 Å². The molecule has 136 valence electrons. The molecule has 10 nitrogen and oxygen atoms in total. The average Bonchev–Trinajstić information content (AvgIpc) is 2.61. The lowest BCUT2D eigenvalue weighted by molar-refractivity contribution is -0.308. The normalized spacial score (nSPS) is 32.1. The van der Waals surface area contributed by atoms with E-state index in [1.54, 1.807) is 0 Å². The van der Waals surface area contributed by atoms with Gasteiger partial charge in [0.15, 0.2) is 12.6 Å². The molecule has 0 aromatic heterocycles. The van der Waals surface area contributed by atoms with Gasteiger partial charge in [-0.2, -0.15) is 0 Å². The number of ether oxygens (including phenoxy) is 4. The number of rotatable bonds is 8. The van der Waals surface area contributed by atoms with Gasteiger partial charge in [0.1, 0.15) is 0 Å². The molecule has 0 aromatic rings. The van der Waals surface area contributed by atoms with Gasteiger partial charge < -0.3 is 39.4 Å². The van der Waals surface area contributed by atoms with Gasteiger partial charge >= 0.3 is 0 Å². The first-order chi connectivity index (χ1) is 11.1. The highest BCUT2D eigenvalue weighted by atomic mass is 16.7. The van der Waals surface area contributed by atoms with Gasteiger partial charge in [0.05, 0.1) is 71.9 Å². The zero-order chi connectivity index (χ0) is 16.7. The van der Waals surface area contributed by atoms with Crippen molar-refractivity contribution >= 4 is 0 Å². The van der Waals surface area contributed by atoms with Crippen molar-refractivity contribution in [3.05, 3.63) is 0 Å². The van der Waals surface area contributed by atoms with Gasteiger partial charge in [-0.05, 0) is 0 Å². The Labute approximate surface area is 134 Å². The van der Waals surface area contributed by atoms with Crippen LogP contribution in [0.1, 0.15) is 0 Å². The van der Waals surface area contributed by atoms with Crippen LogP contribution in [0.15, 0.2) is 0 Å². The van der Waals surface area contributed by atoms with Gasteiger partial charge in [-0.15, -0.1) is 0 Å². The zero-order valence-electron chi connectivity index (χ0n) is 13.0. The van der Waals surface area contributed by atoms with Crippen molar-refractivity contribution in [2.45, 2.75) is 12.6 Å². The maximum atomic E-state index is 9.02. The Morgan fingerprint density at radius 2 is 0.957 bits per heavy atom. The van der Waals surface area contributed by atoms with Crippen LogP contribution in [-0.2, 0) is 18.9 Å². The molecule has 0 atom stereocenters. The molecule has 2 heterocycles. The highest BCUT2D eigenvalue weighted by Gasteiger charge is 2.42. The van der Waals surface area contributed by atoms with Crippen LogP contribution in [0.3, 0.4) is 0 Å². The van der Waals surface area contributed by atoms with Crippen LogP contribution in [-0.4, -0.2) is 109 Å². The Morgan fingerprint density at radius 1 is 0.652 bits per heavy atom. The van der Waals surface area contributed by atoms with E-state index in [0.717, 1.165) is 0 Å². The Morgan fingerprint density at radius 3 is 1.22 bits per heavy atom. The molecular formula is C13H26N2O8. The molecule has 0 aromatic carbocycles. The Kier molecular flexibility index (Phi) is 7.56. The van der Waals surface area contributed by atoms with Crippen LogP contribution >= 0.6 is 0 Å². The van der Waals surface area contributed by atoms with Gasteiger partial charge in [-0.1, -0.05) is 0 Å². The summed E-state index contributed by atoms with van der Waals surface area (Å²) < 4.78 is 22.5. The molecule has 10 heteroatoms. The molecule has 1 spiro atoms. The Balaban J connectivity index is 1.73. The summed E-state index contributed by atoms with van der Waals surface area (Å²) in [7, 11) is 0. The predicted molar refractivity (Wildman–Crippen MR) is 75.6 cm³/mol. The molecule has 0 amide bonds. The van der Waals surface area contributed by atoms with Gasteiger partial charge in [0.2, 0.25) is 0 Å². The van der Waals surface area contributed by atoms with Crippen molar-refractivity contribution in [3.63, 3.8) is 0 Å². The van der Waals surface area contributed by atoms with E-state index in [1.807, 2.05) is 0 Å². The third kappa shape index (κ3) is 5.29. The van der Waals surface area contributed by atoms with E-state index < -0.39 is 12.6 Å². The Hall–Kier alpha value is -0.400. The minimum atomic E-state index is -0.517. The minimum absolute atomic E-state index is 0.273. The molecule has 0 aliphatic carbocycles. The van der Waals surface area contributed by atoms with Crippen molar-refractivity contribution in [3.8, 4) is 0 Å². The number of aliphatic hydroxyl groups is 4. The molecule has 2 saturated heterocycles.